The highest BCUT2D eigenvalue weighted by Gasteiger charge is 2.38. The van der Waals surface area contributed by atoms with Crippen LogP contribution in [0.3, 0.4) is 0 Å². The zero-order valence-electron chi connectivity index (χ0n) is 17.1. The lowest BCUT2D eigenvalue weighted by Crippen LogP contribution is -2.37. The Hall–Kier alpha value is -2.10. The van der Waals surface area contributed by atoms with E-state index in [2.05, 4.69) is 0 Å². The maximum atomic E-state index is 13.1. The fourth-order valence-corrected chi connectivity index (χ4v) is 4.04. The molecule has 1 aliphatic heterocycles. The molecule has 1 N–H and O–H groups in total. The van der Waals surface area contributed by atoms with Crippen molar-refractivity contribution in [2.24, 2.45) is 5.92 Å². The first-order chi connectivity index (χ1) is 15.1. The van der Waals surface area contributed by atoms with Crippen LogP contribution in [0, 0.1) is 5.92 Å². The summed E-state index contributed by atoms with van der Waals surface area (Å²) >= 11 is 0. The summed E-state index contributed by atoms with van der Waals surface area (Å²) < 4.78 is 90.0. The SMILES string of the molecule is OCCC1CCO[C@H](OCCc2cc(C(F)(F)F)cc(C(F)(F)F)c2)C1c1ccccc1. The number of ether oxygens (including phenoxy) is 2. The van der Waals surface area contributed by atoms with Gasteiger partial charge in [0.2, 0.25) is 0 Å². The van der Waals surface area contributed by atoms with Crippen molar-refractivity contribution in [3.05, 3.63) is 70.8 Å². The highest BCUT2D eigenvalue weighted by molar-refractivity contribution is 5.33. The van der Waals surface area contributed by atoms with E-state index in [1.165, 1.54) is 0 Å². The van der Waals surface area contributed by atoms with Gasteiger partial charge in [-0.3, -0.25) is 0 Å². The summed E-state index contributed by atoms with van der Waals surface area (Å²) in [7, 11) is 0. The molecule has 2 unspecified atom stereocenters. The van der Waals surface area contributed by atoms with Crippen molar-refractivity contribution in [1.29, 1.82) is 0 Å². The van der Waals surface area contributed by atoms with Crippen LogP contribution in [-0.2, 0) is 28.2 Å². The molecule has 0 saturated carbocycles. The molecule has 0 amide bonds. The Balaban J connectivity index is 1.75. The van der Waals surface area contributed by atoms with Crippen molar-refractivity contribution < 1.29 is 40.9 Å². The first kappa shape index (κ1) is 24.5. The van der Waals surface area contributed by atoms with Crippen LogP contribution < -0.4 is 0 Å². The van der Waals surface area contributed by atoms with Gasteiger partial charge < -0.3 is 14.6 Å². The summed E-state index contributed by atoms with van der Waals surface area (Å²) in [5.74, 6) is -0.129. The van der Waals surface area contributed by atoms with Crippen molar-refractivity contribution in [3.63, 3.8) is 0 Å². The Morgan fingerprint density at radius 3 is 2.12 bits per heavy atom. The predicted octanol–water partition coefficient (Wildman–Crippen LogP) is 5.81. The van der Waals surface area contributed by atoms with Gasteiger partial charge in [-0.2, -0.15) is 26.3 Å². The molecule has 1 aliphatic rings. The standard InChI is InChI=1S/C23H24F6O3/c24-22(25,26)18-12-15(13-19(14-18)23(27,28)29)7-10-31-21-20(16-4-2-1-3-5-16)17(6-9-30)8-11-32-21/h1-5,12-14,17,20-21,30H,6-11H2/t17?,20?,21-/m0/s1. The first-order valence-corrected chi connectivity index (χ1v) is 10.3. The number of halogens is 6. The summed E-state index contributed by atoms with van der Waals surface area (Å²) in [6.07, 6.45) is -9.39. The van der Waals surface area contributed by atoms with E-state index in [0.717, 1.165) is 5.56 Å². The number of hydrogen-bond acceptors (Lipinski definition) is 3. The third-order valence-electron chi connectivity index (χ3n) is 5.58. The normalized spacial score (nSPS) is 22.2. The number of hydrogen-bond donors (Lipinski definition) is 1. The summed E-state index contributed by atoms with van der Waals surface area (Å²) in [6.45, 7) is 0.268. The average Bonchev–Trinajstić information content (AvgIpc) is 2.73. The largest absolute Gasteiger partial charge is 0.416 e. The molecule has 2 aromatic carbocycles. The Morgan fingerprint density at radius 1 is 0.938 bits per heavy atom. The number of benzene rings is 2. The van der Waals surface area contributed by atoms with Crippen molar-refractivity contribution in [1.82, 2.24) is 0 Å². The number of aliphatic hydroxyl groups is 1. The molecule has 9 heteroatoms. The molecular formula is C23H24F6O3. The van der Waals surface area contributed by atoms with E-state index in [1.54, 1.807) is 0 Å². The van der Waals surface area contributed by atoms with Gasteiger partial charge in [-0.25, -0.2) is 0 Å². The van der Waals surface area contributed by atoms with E-state index in [4.69, 9.17) is 9.47 Å². The van der Waals surface area contributed by atoms with Crippen LogP contribution in [0.4, 0.5) is 26.3 Å². The lowest BCUT2D eigenvalue weighted by Gasteiger charge is -2.38. The van der Waals surface area contributed by atoms with Crippen LogP contribution in [0.2, 0.25) is 0 Å². The second kappa shape index (κ2) is 10.2. The second-order valence-electron chi connectivity index (χ2n) is 7.77. The zero-order valence-corrected chi connectivity index (χ0v) is 17.1. The summed E-state index contributed by atoms with van der Waals surface area (Å²) in [6, 6.07) is 10.9. The quantitative estimate of drug-likeness (QED) is 0.528. The van der Waals surface area contributed by atoms with Gasteiger partial charge in [-0.05, 0) is 54.5 Å². The first-order valence-electron chi connectivity index (χ1n) is 10.3. The summed E-state index contributed by atoms with van der Waals surface area (Å²) in [5.41, 5.74) is -1.87. The molecule has 3 atom stereocenters. The zero-order chi connectivity index (χ0) is 23.4. The second-order valence-corrected chi connectivity index (χ2v) is 7.77. The maximum Gasteiger partial charge on any atom is 0.416 e. The van der Waals surface area contributed by atoms with Gasteiger partial charge in [0.1, 0.15) is 0 Å². The molecule has 0 bridgehead atoms. The van der Waals surface area contributed by atoms with E-state index in [1.807, 2.05) is 30.3 Å². The molecule has 0 aromatic heterocycles. The molecule has 0 spiro atoms. The van der Waals surface area contributed by atoms with Crippen LogP contribution in [0.15, 0.2) is 48.5 Å². The minimum Gasteiger partial charge on any atom is -0.396 e. The average molecular weight is 462 g/mol. The van der Waals surface area contributed by atoms with Crippen molar-refractivity contribution in [2.75, 3.05) is 19.8 Å². The van der Waals surface area contributed by atoms with Crippen LogP contribution in [0.5, 0.6) is 0 Å². The van der Waals surface area contributed by atoms with Gasteiger partial charge in [-0.1, -0.05) is 30.3 Å². The Labute approximate surface area is 182 Å². The van der Waals surface area contributed by atoms with Gasteiger partial charge >= 0.3 is 12.4 Å². The Morgan fingerprint density at radius 2 is 1.56 bits per heavy atom. The molecule has 1 saturated heterocycles. The van der Waals surface area contributed by atoms with Crippen LogP contribution in [0.25, 0.3) is 0 Å². The Bertz CT molecular complexity index is 832. The molecule has 32 heavy (non-hydrogen) atoms. The number of alkyl halides is 6. The Kier molecular flexibility index (Phi) is 7.84. The van der Waals surface area contributed by atoms with Crippen molar-refractivity contribution in [3.8, 4) is 0 Å². The molecule has 1 heterocycles. The summed E-state index contributed by atoms with van der Waals surface area (Å²) in [4.78, 5) is 0. The summed E-state index contributed by atoms with van der Waals surface area (Å²) in [5, 5.41) is 9.41. The van der Waals surface area contributed by atoms with Crippen LogP contribution in [0.1, 0.15) is 41.0 Å². The molecular weight excluding hydrogens is 438 g/mol. The third kappa shape index (κ3) is 6.24. The molecule has 3 rings (SSSR count). The lowest BCUT2D eigenvalue weighted by molar-refractivity contribution is -0.188. The molecule has 0 aliphatic carbocycles. The molecule has 3 nitrogen and oxygen atoms in total. The smallest absolute Gasteiger partial charge is 0.396 e. The maximum absolute atomic E-state index is 13.1. The van der Waals surface area contributed by atoms with Crippen molar-refractivity contribution >= 4 is 0 Å². The fraction of sp³-hybridized carbons (Fsp3) is 0.478. The van der Waals surface area contributed by atoms with E-state index in [9.17, 15) is 31.4 Å². The topological polar surface area (TPSA) is 38.7 Å². The fourth-order valence-electron chi connectivity index (χ4n) is 4.04. The molecule has 2 aromatic rings. The van der Waals surface area contributed by atoms with E-state index in [-0.39, 0.29) is 43.1 Å². The van der Waals surface area contributed by atoms with Gasteiger partial charge in [0.05, 0.1) is 24.3 Å². The van der Waals surface area contributed by atoms with Gasteiger partial charge in [0.15, 0.2) is 6.29 Å². The van der Waals surface area contributed by atoms with Gasteiger partial charge in [0, 0.05) is 12.5 Å². The van der Waals surface area contributed by atoms with Crippen LogP contribution >= 0.6 is 0 Å². The van der Waals surface area contributed by atoms with Gasteiger partial charge in [-0.15, -0.1) is 0 Å². The molecule has 0 radical (unpaired) electrons. The lowest BCUT2D eigenvalue weighted by atomic mass is 9.80. The minimum absolute atomic E-state index is 0.00876. The number of rotatable bonds is 7. The third-order valence-corrected chi connectivity index (χ3v) is 5.58. The van der Waals surface area contributed by atoms with E-state index < -0.39 is 29.8 Å². The number of aliphatic hydroxyl groups excluding tert-OH is 1. The highest BCUT2D eigenvalue weighted by Crippen LogP contribution is 2.39. The monoisotopic (exact) mass is 462 g/mol. The van der Waals surface area contributed by atoms with Crippen LogP contribution in [-0.4, -0.2) is 31.2 Å². The molecule has 1 fully saturated rings. The van der Waals surface area contributed by atoms with E-state index >= 15 is 0 Å². The van der Waals surface area contributed by atoms with E-state index in [0.29, 0.717) is 31.6 Å². The minimum atomic E-state index is -4.89. The highest BCUT2D eigenvalue weighted by atomic mass is 19.4. The van der Waals surface area contributed by atoms with Gasteiger partial charge in [0.25, 0.3) is 0 Å². The predicted molar refractivity (Wildman–Crippen MR) is 105 cm³/mol. The molecule has 176 valence electrons. The van der Waals surface area contributed by atoms with Crippen molar-refractivity contribution in [2.45, 2.75) is 43.8 Å².